The lowest BCUT2D eigenvalue weighted by Crippen LogP contribution is -2.50. The minimum Gasteiger partial charge on any atom is -0.493 e. The molecule has 0 saturated carbocycles. The van der Waals surface area contributed by atoms with E-state index >= 15 is 0 Å². The number of carbonyl (C=O) groups is 3. The monoisotopic (exact) mass is 1360 g/mol. The third kappa shape index (κ3) is 16.7. The molecule has 3 aromatic carbocycles. The van der Waals surface area contributed by atoms with Gasteiger partial charge in [-0.2, -0.15) is 38.5 Å². The lowest BCUT2D eigenvalue weighted by atomic mass is 10.1. The Morgan fingerprint density at radius 3 is 1.21 bits per heavy atom. The van der Waals surface area contributed by atoms with E-state index in [0.717, 1.165) is 62.8 Å². The highest BCUT2D eigenvalue weighted by Gasteiger charge is 2.31. The number of nitrogens with zero attached hydrogens (tertiary/aromatic N) is 11. The van der Waals surface area contributed by atoms with Crippen LogP contribution in [0.3, 0.4) is 0 Å². The molecule has 3 unspecified atom stereocenters. The van der Waals surface area contributed by atoms with Crippen LogP contribution in [0.15, 0.2) is 18.2 Å². The number of anilines is 6. The van der Waals surface area contributed by atoms with Crippen molar-refractivity contribution >= 4 is 133 Å². The molecular formula is C59H80ClF3N16O10S3. The highest BCUT2D eigenvalue weighted by Crippen LogP contribution is 2.41. The smallest absolute Gasteiger partial charge is 0.304 e. The topological polar surface area (TPSA) is 322 Å². The van der Waals surface area contributed by atoms with Crippen LogP contribution < -0.4 is 71.0 Å². The van der Waals surface area contributed by atoms with Crippen LogP contribution in [0.5, 0.6) is 34.5 Å². The summed E-state index contributed by atoms with van der Waals surface area (Å²) in [6, 6.07) is 4.74. The van der Waals surface area contributed by atoms with E-state index in [1.165, 1.54) is 55.5 Å². The molecule has 0 radical (unpaired) electrons. The molecule has 6 saturated heterocycles. The minimum atomic E-state index is -0.658. The third-order valence-corrected chi connectivity index (χ3v) is 20.1. The maximum Gasteiger partial charge on any atom is 0.304 e. The average Bonchev–Trinajstić information content (AvgIpc) is 0.852. The molecule has 6 fully saturated rings. The van der Waals surface area contributed by atoms with Crippen molar-refractivity contribution < 1.29 is 61.1 Å². The van der Waals surface area contributed by atoms with Crippen LogP contribution >= 0.6 is 47.7 Å². The van der Waals surface area contributed by atoms with Gasteiger partial charge in [-0.05, 0) is 55.4 Å². The Labute approximate surface area is 550 Å². The minimum absolute atomic E-state index is 0. The van der Waals surface area contributed by atoms with Crippen LogP contribution in [0.25, 0.3) is 32.7 Å². The Morgan fingerprint density at radius 2 is 0.880 bits per heavy atom. The van der Waals surface area contributed by atoms with Gasteiger partial charge in [-0.15, -0.1) is 24.2 Å². The largest absolute Gasteiger partial charge is 0.493 e. The number of benzene rings is 3. The van der Waals surface area contributed by atoms with E-state index in [2.05, 4.69) is 40.5 Å². The van der Waals surface area contributed by atoms with E-state index < -0.39 is 23.4 Å². The van der Waals surface area contributed by atoms with Crippen LogP contribution in [-0.4, -0.2) is 223 Å². The van der Waals surface area contributed by atoms with E-state index in [4.69, 9.17) is 50.7 Å². The Morgan fingerprint density at radius 1 is 0.511 bits per heavy atom. The first kappa shape index (κ1) is 70.6. The summed E-state index contributed by atoms with van der Waals surface area (Å²) >= 11 is 5.47. The highest BCUT2D eigenvalue weighted by atomic mass is 35.5. The zero-order chi connectivity index (χ0) is 64.9. The molecule has 33 heteroatoms. The number of carboxylic acid groups (broad SMARTS) is 1. The number of aromatic nitrogens is 6. The number of ether oxygens (including phenoxy) is 6. The number of nitrogens with one attached hydrogen (secondary N) is 2. The molecule has 0 bridgehead atoms. The van der Waals surface area contributed by atoms with Gasteiger partial charge in [0.05, 0.1) is 60.9 Å². The number of fused-ring (bicyclic) bond motifs is 3. The van der Waals surface area contributed by atoms with Crippen LogP contribution in [0.2, 0.25) is 0 Å². The quantitative estimate of drug-likeness (QED) is 0.0694. The van der Waals surface area contributed by atoms with E-state index in [0.29, 0.717) is 116 Å². The van der Waals surface area contributed by atoms with Crippen molar-refractivity contribution in [2.24, 2.45) is 0 Å². The molecule has 0 aliphatic carbocycles. The van der Waals surface area contributed by atoms with Gasteiger partial charge in [0.2, 0.25) is 29.7 Å². The second-order valence-corrected chi connectivity index (χ2v) is 25.9. The Balaban J connectivity index is 0.000000167. The number of hydrogen-bond acceptors (Lipinski definition) is 26. The summed E-state index contributed by atoms with van der Waals surface area (Å²) in [6.45, 7) is 8.66. The van der Waals surface area contributed by atoms with E-state index in [1.807, 2.05) is 36.3 Å². The summed E-state index contributed by atoms with van der Waals surface area (Å²) in [5, 5.41) is 17.1. The van der Waals surface area contributed by atoms with Gasteiger partial charge >= 0.3 is 5.97 Å². The van der Waals surface area contributed by atoms with Gasteiger partial charge < -0.3 is 85.9 Å². The number of hydrogen-bond donors (Lipinski definition) is 6. The van der Waals surface area contributed by atoms with Crippen molar-refractivity contribution in [2.75, 3.05) is 177 Å². The highest BCUT2D eigenvalue weighted by molar-refractivity contribution is 8.00. The molecule has 92 heavy (non-hydrogen) atoms. The normalized spacial score (nSPS) is 18.8. The zero-order valence-corrected chi connectivity index (χ0v) is 55.5. The predicted molar refractivity (Wildman–Crippen MR) is 358 cm³/mol. The van der Waals surface area contributed by atoms with Gasteiger partial charge in [0, 0.05) is 124 Å². The molecule has 9 heterocycles. The van der Waals surface area contributed by atoms with Crippen molar-refractivity contribution in [1.29, 1.82) is 0 Å². The summed E-state index contributed by atoms with van der Waals surface area (Å²) in [4.78, 5) is 71.0. The fourth-order valence-corrected chi connectivity index (χ4v) is 14.8. The number of halogens is 4. The van der Waals surface area contributed by atoms with Gasteiger partial charge in [0.1, 0.15) is 34.0 Å². The predicted octanol–water partition coefficient (Wildman–Crippen LogP) is 5.93. The second kappa shape index (κ2) is 33.0. The number of thioether (sulfide) groups is 3. The van der Waals surface area contributed by atoms with Gasteiger partial charge in [-0.1, -0.05) is 0 Å². The number of piperazine rings is 3. The molecule has 3 aromatic heterocycles. The zero-order valence-electron chi connectivity index (χ0n) is 52.3. The van der Waals surface area contributed by atoms with Gasteiger partial charge in [-0.3, -0.25) is 14.4 Å². The summed E-state index contributed by atoms with van der Waals surface area (Å²) in [5.41, 5.74) is 18.5. The average molecular weight is 1360 g/mol. The molecule has 502 valence electrons. The third-order valence-electron chi connectivity index (χ3n) is 16.1. The molecule has 2 amide bonds. The Hall–Kier alpha value is -7.26. The van der Waals surface area contributed by atoms with Crippen molar-refractivity contribution in [3.63, 3.8) is 0 Å². The number of methoxy groups -OCH3 is 6. The van der Waals surface area contributed by atoms with E-state index in [9.17, 15) is 27.6 Å². The Kier molecular flexibility index (Phi) is 25.3. The molecule has 6 aliphatic heterocycles. The number of nitrogens with two attached hydrogens (primary N) is 3. The Bertz CT molecular complexity index is 3390. The first-order valence-corrected chi connectivity index (χ1v) is 33.1. The maximum absolute atomic E-state index is 15.0. The van der Waals surface area contributed by atoms with E-state index in [-0.39, 0.29) is 98.1 Å². The summed E-state index contributed by atoms with van der Waals surface area (Å²) in [6.07, 6.45) is 6.07. The van der Waals surface area contributed by atoms with Crippen LogP contribution in [0.1, 0.15) is 44.9 Å². The fraction of sp³-hybridized carbons (Fsp3) is 0.542. The van der Waals surface area contributed by atoms with Crippen molar-refractivity contribution in [1.82, 2.24) is 50.3 Å². The molecule has 6 aromatic rings. The van der Waals surface area contributed by atoms with Crippen LogP contribution in [0, 0.1) is 17.5 Å². The molecular weight excluding hydrogens is 1280 g/mol. The first-order chi connectivity index (χ1) is 44.0. The second-order valence-electron chi connectivity index (χ2n) is 21.8. The lowest BCUT2D eigenvalue weighted by molar-refractivity contribution is -0.137. The molecule has 0 spiro atoms. The van der Waals surface area contributed by atoms with Crippen molar-refractivity contribution in [2.45, 2.75) is 60.8 Å². The number of carbonyl (C=O) groups excluding carboxylic acids is 2. The van der Waals surface area contributed by atoms with Crippen LogP contribution in [0.4, 0.5) is 48.5 Å². The van der Waals surface area contributed by atoms with Gasteiger partial charge in [0.25, 0.3) is 0 Å². The molecule has 9 N–H and O–H groups in total. The number of amides is 2. The number of aliphatic carboxylic acids is 1. The van der Waals surface area contributed by atoms with E-state index in [1.54, 1.807) is 41.7 Å². The SMILES string of the molecule is COc1cc2c(N)nc(N3CCN(C(=O)CC4CCCS4)CC3)nc2c(F)c1OC.COc1cc2c(N)nc(N3CCN(C(=O)CC4NCCS4)CC3)nc2c(F)c1OC.COc1cc2c(N)nc(N3CCNCC3)nc2c(F)c1OC.Cl.O=C(O)CC1CCCS1. The summed E-state index contributed by atoms with van der Waals surface area (Å²) in [5.74, 6) is 3.53. The van der Waals surface area contributed by atoms with Gasteiger partial charge in [0.15, 0.2) is 51.9 Å². The van der Waals surface area contributed by atoms with Gasteiger partial charge in [-0.25, -0.2) is 28.1 Å². The molecule has 6 aliphatic rings. The van der Waals surface area contributed by atoms with Crippen molar-refractivity contribution in [3.8, 4) is 34.5 Å². The molecule has 12 rings (SSSR count). The number of carboxylic acids is 1. The summed E-state index contributed by atoms with van der Waals surface area (Å²) < 4.78 is 75.5. The fourth-order valence-electron chi connectivity index (χ4n) is 11.2. The van der Waals surface area contributed by atoms with Crippen molar-refractivity contribution in [3.05, 3.63) is 35.7 Å². The standard InChI is InChI=1S/C20H26FN5O3S.C19H25FN6O3S.C14H18FN5O2.C6H10O2S.ClH/c1-28-14-11-13-17(16(21)18(14)29-2)23-20(24-19(13)22)26-7-5-25(6-8-26)15(27)10-12-4-3-9-30-12;1-28-12-9-11-16(15(20)17(12)29-2)23-19(24-18(11)21)26-6-4-25(5-7-26)14(27)10-13-22-3-8-30-13;1-21-9-7-8-11(10(15)12(9)22-2)18-14(19-13(8)16)20-5-3-17-4-6-20;7-6(8)4-5-2-1-3-9-5;/h11-12H,3-10H2,1-2H3,(H2,22,23,24);9,13,22H,3-8,10H2,1-2H3,(H2,21,23,24);7,17H,3-6H2,1-2H3,(H2,16,18,19);5H,1-4H2,(H,7,8);1H. The molecule has 26 nitrogen and oxygen atoms in total. The number of nitrogen functional groups attached to an aromatic ring is 3. The number of rotatable bonds is 15. The molecule has 3 atom stereocenters. The lowest BCUT2D eigenvalue weighted by Gasteiger charge is -2.35. The van der Waals surface area contributed by atoms with Crippen LogP contribution in [-0.2, 0) is 14.4 Å². The first-order valence-electron chi connectivity index (χ1n) is 29.9. The summed E-state index contributed by atoms with van der Waals surface area (Å²) in [7, 11) is 8.42. The maximum atomic E-state index is 15.0.